The monoisotopic (exact) mass is 368 g/mol. The van der Waals surface area contributed by atoms with Crippen molar-refractivity contribution < 1.29 is 9.59 Å². The maximum atomic E-state index is 12.9. The van der Waals surface area contributed by atoms with E-state index in [1.807, 2.05) is 34.1 Å². The van der Waals surface area contributed by atoms with Gasteiger partial charge in [-0.25, -0.2) is 4.68 Å². The van der Waals surface area contributed by atoms with E-state index in [9.17, 15) is 9.59 Å². The highest BCUT2D eigenvalue weighted by Crippen LogP contribution is 2.29. The Morgan fingerprint density at radius 2 is 2.00 bits per heavy atom. The fourth-order valence-electron chi connectivity index (χ4n) is 4.11. The minimum atomic E-state index is -0.0403. The second-order valence-electron chi connectivity index (χ2n) is 7.36. The van der Waals surface area contributed by atoms with E-state index in [0.29, 0.717) is 19.5 Å². The lowest BCUT2D eigenvalue weighted by Gasteiger charge is -2.35. The van der Waals surface area contributed by atoms with Gasteiger partial charge in [-0.3, -0.25) is 9.59 Å². The molecule has 0 unspecified atom stereocenters. The van der Waals surface area contributed by atoms with Crippen molar-refractivity contribution in [2.24, 2.45) is 5.92 Å². The first-order chi connectivity index (χ1) is 13.2. The van der Waals surface area contributed by atoms with Crippen LogP contribution in [0.5, 0.6) is 0 Å². The number of amides is 2. The summed E-state index contributed by atoms with van der Waals surface area (Å²) in [4.78, 5) is 29.4. The molecule has 142 valence electrons. The summed E-state index contributed by atoms with van der Waals surface area (Å²) in [5.74, 6) is 0.281. The molecule has 8 heteroatoms. The van der Waals surface area contributed by atoms with E-state index in [-0.39, 0.29) is 23.8 Å². The van der Waals surface area contributed by atoms with E-state index >= 15 is 0 Å². The van der Waals surface area contributed by atoms with Gasteiger partial charge in [-0.2, -0.15) is 0 Å². The summed E-state index contributed by atoms with van der Waals surface area (Å²) in [5, 5.41) is 11.1. The molecule has 2 bridgehead atoms. The van der Waals surface area contributed by atoms with E-state index in [2.05, 4.69) is 22.4 Å². The fourth-order valence-corrected chi connectivity index (χ4v) is 4.11. The Kier molecular flexibility index (Phi) is 4.87. The predicted molar refractivity (Wildman–Crippen MR) is 98.0 cm³/mol. The molecule has 5 rings (SSSR count). The molecule has 0 radical (unpaired) electrons. The molecule has 2 amide bonds. The molecule has 3 fully saturated rings. The zero-order chi connectivity index (χ0) is 18.8. The summed E-state index contributed by atoms with van der Waals surface area (Å²) < 4.78 is 1.58. The first-order valence-corrected chi connectivity index (χ1v) is 9.56. The van der Waals surface area contributed by atoms with E-state index in [4.69, 9.17) is 0 Å². The first-order valence-electron chi connectivity index (χ1n) is 9.56. The molecule has 3 aliphatic rings. The van der Waals surface area contributed by atoms with Crippen molar-refractivity contribution >= 4 is 11.8 Å². The number of carbonyl (C=O) groups is 2. The molecule has 0 saturated carbocycles. The molecule has 3 aliphatic heterocycles. The number of rotatable bonds is 5. The molecule has 8 nitrogen and oxygen atoms in total. The highest BCUT2D eigenvalue weighted by Gasteiger charge is 2.41. The summed E-state index contributed by atoms with van der Waals surface area (Å²) in [6, 6.07) is 7.82. The molecule has 0 N–H and O–H groups in total. The number of hydrogen-bond donors (Lipinski definition) is 0. The fraction of sp³-hybridized carbons (Fsp3) is 0.526. The zero-order valence-electron chi connectivity index (χ0n) is 15.5. The zero-order valence-corrected chi connectivity index (χ0v) is 15.5. The minimum absolute atomic E-state index is 0.0403. The lowest BCUT2D eigenvalue weighted by molar-refractivity contribution is -0.139. The number of hydrogen-bond acceptors (Lipinski definition) is 5. The molecular weight excluding hydrogens is 344 g/mol. The van der Waals surface area contributed by atoms with Crippen molar-refractivity contribution in [1.29, 1.82) is 0 Å². The Balaban J connectivity index is 1.43. The lowest BCUT2D eigenvalue weighted by atomic mass is 9.94. The molecule has 0 aliphatic carbocycles. The molecule has 0 spiro atoms. The van der Waals surface area contributed by atoms with Crippen LogP contribution >= 0.6 is 0 Å². The van der Waals surface area contributed by atoms with Crippen LogP contribution in [0.15, 0.2) is 30.6 Å². The van der Waals surface area contributed by atoms with E-state index < -0.39 is 0 Å². The molecule has 3 saturated heterocycles. The summed E-state index contributed by atoms with van der Waals surface area (Å²) in [7, 11) is 0. The minimum Gasteiger partial charge on any atom is -0.340 e. The third-order valence-corrected chi connectivity index (χ3v) is 5.52. The van der Waals surface area contributed by atoms with E-state index in [1.165, 1.54) is 6.33 Å². The Morgan fingerprint density at radius 3 is 2.70 bits per heavy atom. The van der Waals surface area contributed by atoms with Crippen LogP contribution in [0.1, 0.15) is 31.7 Å². The quantitative estimate of drug-likeness (QED) is 0.788. The van der Waals surface area contributed by atoms with Gasteiger partial charge in [0.05, 0.1) is 18.0 Å². The summed E-state index contributed by atoms with van der Waals surface area (Å²) >= 11 is 0. The van der Waals surface area contributed by atoms with Crippen molar-refractivity contribution in [3.63, 3.8) is 0 Å². The number of carbonyl (C=O) groups excluding carboxylic acids is 2. The third kappa shape index (κ3) is 3.56. The van der Waals surface area contributed by atoms with Gasteiger partial charge in [0.2, 0.25) is 11.8 Å². The molecule has 2 atom stereocenters. The van der Waals surface area contributed by atoms with Crippen LogP contribution in [-0.2, 0) is 16.0 Å². The average molecular weight is 368 g/mol. The highest BCUT2D eigenvalue weighted by atomic mass is 16.2. The standard InChI is InChI=1S/C19H24N6O2/c1-2-9-24-17-8-5-15(19(24)27)11-23(12-17)18(26)10-14-3-6-16(7-4-14)25-13-20-21-22-25/h3-4,6-7,13,15,17H,2,5,8-12H2,1H3/t15-,17+/m0/s1. The van der Waals surface area contributed by atoms with Gasteiger partial charge < -0.3 is 9.80 Å². The van der Waals surface area contributed by atoms with E-state index in [1.54, 1.807) is 4.68 Å². The van der Waals surface area contributed by atoms with Gasteiger partial charge in [0, 0.05) is 25.7 Å². The summed E-state index contributed by atoms with van der Waals surface area (Å²) in [6.45, 7) is 4.09. The van der Waals surface area contributed by atoms with Gasteiger partial charge in [-0.05, 0) is 47.4 Å². The predicted octanol–water partition coefficient (Wildman–Crippen LogP) is 1.06. The topological polar surface area (TPSA) is 84.2 Å². The molecule has 27 heavy (non-hydrogen) atoms. The number of nitrogens with zero attached hydrogens (tertiary/aromatic N) is 6. The Hall–Kier alpha value is -2.77. The average Bonchev–Trinajstić information content (AvgIpc) is 3.08. The van der Waals surface area contributed by atoms with Gasteiger partial charge in [0.15, 0.2) is 0 Å². The number of benzene rings is 1. The lowest BCUT2D eigenvalue weighted by Crippen LogP contribution is -2.48. The van der Waals surface area contributed by atoms with Crippen LogP contribution in [-0.4, -0.2) is 67.5 Å². The van der Waals surface area contributed by atoms with Gasteiger partial charge in [-0.15, -0.1) is 5.10 Å². The maximum Gasteiger partial charge on any atom is 0.227 e. The number of aromatic nitrogens is 4. The van der Waals surface area contributed by atoms with Gasteiger partial charge in [-0.1, -0.05) is 19.1 Å². The van der Waals surface area contributed by atoms with Crippen molar-refractivity contribution in [2.45, 2.75) is 38.6 Å². The maximum absolute atomic E-state index is 12.9. The van der Waals surface area contributed by atoms with Crippen LogP contribution < -0.4 is 0 Å². The first kappa shape index (κ1) is 17.6. The molecule has 4 heterocycles. The van der Waals surface area contributed by atoms with Gasteiger partial charge >= 0.3 is 0 Å². The summed E-state index contributed by atoms with van der Waals surface area (Å²) in [6.07, 6.45) is 4.73. The number of piperidine rings is 1. The van der Waals surface area contributed by atoms with Crippen LogP contribution in [0, 0.1) is 5.92 Å². The Morgan fingerprint density at radius 1 is 1.19 bits per heavy atom. The van der Waals surface area contributed by atoms with Gasteiger partial charge in [0.1, 0.15) is 6.33 Å². The highest BCUT2D eigenvalue weighted by molar-refractivity contribution is 5.84. The number of tetrazole rings is 1. The molecule has 1 aromatic heterocycles. The van der Waals surface area contributed by atoms with Crippen molar-refractivity contribution in [1.82, 2.24) is 30.0 Å². The van der Waals surface area contributed by atoms with Crippen LogP contribution in [0.25, 0.3) is 5.69 Å². The molecule has 1 aromatic carbocycles. The molecule has 2 aromatic rings. The van der Waals surface area contributed by atoms with Gasteiger partial charge in [0.25, 0.3) is 0 Å². The van der Waals surface area contributed by atoms with Crippen molar-refractivity contribution in [3.05, 3.63) is 36.2 Å². The normalized spacial score (nSPS) is 22.2. The molecular formula is C19H24N6O2. The van der Waals surface area contributed by atoms with Crippen LogP contribution in [0.4, 0.5) is 0 Å². The smallest absolute Gasteiger partial charge is 0.227 e. The third-order valence-electron chi connectivity index (χ3n) is 5.52. The number of fused-ring (bicyclic) bond motifs is 4. The Labute approximate surface area is 158 Å². The second-order valence-corrected chi connectivity index (χ2v) is 7.36. The van der Waals surface area contributed by atoms with Crippen molar-refractivity contribution in [3.8, 4) is 5.69 Å². The SMILES string of the molecule is CCCN1C(=O)[C@H]2CC[C@@H]1CN(C(=O)Cc1ccc(-n3cnnn3)cc1)C2. The van der Waals surface area contributed by atoms with E-state index in [0.717, 1.165) is 37.1 Å². The van der Waals surface area contributed by atoms with Crippen molar-refractivity contribution in [2.75, 3.05) is 19.6 Å². The van der Waals surface area contributed by atoms with Crippen LogP contribution in [0.2, 0.25) is 0 Å². The van der Waals surface area contributed by atoms with Crippen LogP contribution in [0.3, 0.4) is 0 Å². The summed E-state index contributed by atoms with van der Waals surface area (Å²) in [5.41, 5.74) is 1.80. The second kappa shape index (κ2) is 7.46. The Bertz CT molecular complexity index is 804. The largest absolute Gasteiger partial charge is 0.340 e.